The molecule has 2 aromatic carbocycles. The van der Waals surface area contributed by atoms with Crippen LogP contribution < -0.4 is 10.6 Å². The molecule has 0 bridgehead atoms. The molecule has 1 aliphatic rings. The maximum absolute atomic E-state index is 3.42. The zero-order chi connectivity index (χ0) is 10.3. The molecule has 0 aliphatic carbocycles. The predicted molar refractivity (Wildman–Crippen MR) is 64.2 cm³/mol. The van der Waals surface area contributed by atoms with E-state index in [9.17, 15) is 0 Å². The first-order valence-electron chi connectivity index (χ1n) is 5.07. The third-order valence-electron chi connectivity index (χ3n) is 2.64. The van der Waals surface area contributed by atoms with Crippen LogP contribution in [0.25, 0.3) is 0 Å². The van der Waals surface area contributed by atoms with Crippen LogP contribution in [0, 0.1) is 6.92 Å². The smallest absolute Gasteiger partial charge is 0.0626 e. The second kappa shape index (κ2) is 3.02. The lowest BCUT2D eigenvalue weighted by atomic mass is 10.1. The van der Waals surface area contributed by atoms with Gasteiger partial charge in [0.05, 0.1) is 22.7 Å². The van der Waals surface area contributed by atoms with Crippen LogP contribution in [0.1, 0.15) is 5.56 Å². The average Bonchev–Trinajstić information content (AvgIpc) is 2.26. The van der Waals surface area contributed by atoms with Gasteiger partial charge < -0.3 is 10.6 Å². The lowest BCUT2D eigenvalue weighted by Gasteiger charge is -2.23. The average molecular weight is 196 g/mol. The second-order valence-electron chi connectivity index (χ2n) is 3.84. The predicted octanol–water partition coefficient (Wildman–Crippen LogP) is 3.80. The van der Waals surface area contributed by atoms with Crippen molar-refractivity contribution < 1.29 is 0 Å². The molecule has 2 heteroatoms. The number of anilines is 4. The molecule has 0 aromatic heterocycles. The summed E-state index contributed by atoms with van der Waals surface area (Å²) in [4.78, 5) is 0. The van der Waals surface area contributed by atoms with Crippen LogP contribution >= 0.6 is 0 Å². The summed E-state index contributed by atoms with van der Waals surface area (Å²) in [6.45, 7) is 2.10. The number of aryl methyl sites for hydroxylation is 1. The Morgan fingerprint density at radius 1 is 0.733 bits per heavy atom. The van der Waals surface area contributed by atoms with Crippen molar-refractivity contribution in [3.63, 3.8) is 0 Å². The highest BCUT2D eigenvalue weighted by atomic mass is 15.0. The number of hydrogen-bond donors (Lipinski definition) is 2. The minimum atomic E-state index is 1.13. The topological polar surface area (TPSA) is 24.1 Å². The summed E-state index contributed by atoms with van der Waals surface area (Å²) in [5.74, 6) is 0. The van der Waals surface area contributed by atoms with Gasteiger partial charge >= 0.3 is 0 Å². The van der Waals surface area contributed by atoms with E-state index >= 15 is 0 Å². The van der Waals surface area contributed by atoms with Gasteiger partial charge in [-0.15, -0.1) is 0 Å². The van der Waals surface area contributed by atoms with Crippen molar-refractivity contribution in [3.05, 3.63) is 48.0 Å². The van der Waals surface area contributed by atoms with Crippen molar-refractivity contribution in [2.24, 2.45) is 0 Å². The molecule has 2 nitrogen and oxygen atoms in total. The summed E-state index contributed by atoms with van der Waals surface area (Å²) in [6, 6.07) is 14.6. The van der Waals surface area contributed by atoms with Crippen LogP contribution in [-0.2, 0) is 0 Å². The summed E-state index contributed by atoms with van der Waals surface area (Å²) >= 11 is 0. The van der Waals surface area contributed by atoms with E-state index in [4.69, 9.17) is 0 Å². The molecule has 2 N–H and O–H groups in total. The Labute approximate surface area is 88.9 Å². The van der Waals surface area contributed by atoms with Crippen molar-refractivity contribution in [2.75, 3.05) is 10.6 Å². The van der Waals surface area contributed by atoms with Crippen molar-refractivity contribution in [1.82, 2.24) is 0 Å². The fourth-order valence-corrected chi connectivity index (χ4v) is 1.86. The molecule has 0 atom stereocenters. The zero-order valence-corrected chi connectivity index (χ0v) is 8.54. The number of rotatable bonds is 0. The van der Waals surface area contributed by atoms with Gasteiger partial charge in [0.2, 0.25) is 0 Å². The van der Waals surface area contributed by atoms with Crippen LogP contribution in [0.2, 0.25) is 0 Å². The Morgan fingerprint density at radius 2 is 1.33 bits per heavy atom. The van der Waals surface area contributed by atoms with E-state index in [1.54, 1.807) is 0 Å². The van der Waals surface area contributed by atoms with Crippen molar-refractivity contribution in [3.8, 4) is 0 Å². The van der Waals surface area contributed by atoms with Gasteiger partial charge in [-0.3, -0.25) is 0 Å². The standard InChI is InChI=1S/C13H12N2/c1-9-6-7-12-13(8-9)15-11-5-3-2-4-10(11)14-12/h2-8,14-15H,1H3. The highest BCUT2D eigenvalue weighted by molar-refractivity contribution is 5.90. The number of benzene rings is 2. The first-order valence-corrected chi connectivity index (χ1v) is 5.07. The van der Waals surface area contributed by atoms with Gasteiger partial charge in [-0.25, -0.2) is 0 Å². The maximum atomic E-state index is 3.42. The minimum Gasteiger partial charge on any atom is -0.352 e. The highest BCUT2D eigenvalue weighted by Crippen LogP contribution is 2.38. The maximum Gasteiger partial charge on any atom is 0.0626 e. The monoisotopic (exact) mass is 196 g/mol. The van der Waals surface area contributed by atoms with Gasteiger partial charge in [0, 0.05) is 0 Å². The number of fused-ring (bicyclic) bond motifs is 2. The Bertz CT molecular complexity index is 518. The third kappa shape index (κ3) is 1.34. The molecule has 74 valence electrons. The van der Waals surface area contributed by atoms with Crippen LogP contribution in [-0.4, -0.2) is 0 Å². The van der Waals surface area contributed by atoms with Crippen LogP contribution in [0.4, 0.5) is 22.7 Å². The summed E-state index contributed by atoms with van der Waals surface area (Å²) in [5, 5.41) is 6.82. The van der Waals surface area contributed by atoms with Crippen LogP contribution in [0.15, 0.2) is 42.5 Å². The Morgan fingerprint density at radius 3 is 2.07 bits per heavy atom. The van der Waals surface area contributed by atoms with Crippen molar-refractivity contribution >= 4 is 22.7 Å². The van der Waals surface area contributed by atoms with Crippen molar-refractivity contribution in [1.29, 1.82) is 0 Å². The van der Waals surface area contributed by atoms with Crippen LogP contribution in [0.3, 0.4) is 0 Å². The number of para-hydroxylation sites is 2. The molecule has 0 saturated heterocycles. The summed E-state index contributed by atoms with van der Waals surface area (Å²) in [6.07, 6.45) is 0. The Hall–Kier alpha value is -1.96. The molecule has 3 rings (SSSR count). The summed E-state index contributed by atoms with van der Waals surface area (Å²) in [5.41, 5.74) is 5.82. The fraction of sp³-hybridized carbons (Fsp3) is 0.0769. The van der Waals surface area contributed by atoms with E-state index in [1.807, 2.05) is 12.1 Å². The molecule has 0 amide bonds. The van der Waals surface area contributed by atoms with E-state index in [0.29, 0.717) is 0 Å². The lowest BCUT2D eigenvalue weighted by molar-refractivity contribution is 1.40. The molecule has 0 radical (unpaired) electrons. The normalized spacial score (nSPS) is 12.1. The molecule has 0 unspecified atom stereocenters. The molecule has 0 fully saturated rings. The second-order valence-corrected chi connectivity index (χ2v) is 3.84. The largest absolute Gasteiger partial charge is 0.352 e. The van der Waals surface area contributed by atoms with Gasteiger partial charge in [0.1, 0.15) is 0 Å². The zero-order valence-electron chi connectivity index (χ0n) is 8.54. The molecular formula is C13H12N2. The van der Waals surface area contributed by atoms with Gasteiger partial charge in [0.15, 0.2) is 0 Å². The van der Waals surface area contributed by atoms with Gasteiger partial charge in [-0.1, -0.05) is 18.2 Å². The molecule has 1 heterocycles. The molecule has 1 aliphatic heterocycles. The van der Waals surface area contributed by atoms with Gasteiger partial charge in [-0.05, 0) is 36.8 Å². The molecular weight excluding hydrogens is 184 g/mol. The molecule has 0 saturated carbocycles. The fourth-order valence-electron chi connectivity index (χ4n) is 1.86. The molecule has 0 spiro atoms. The SMILES string of the molecule is Cc1ccc2c(c1)Nc1ccccc1N2. The Balaban J connectivity index is 2.11. The first kappa shape index (κ1) is 8.36. The van der Waals surface area contributed by atoms with Gasteiger partial charge in [-0.2, -0.15) is 0 Å². The summed E-state index contributed by atoms with van der Waals surface area (Å²) in [7, 11) is 0. The minimum absolute atomic E-state index is 1.13. The quantitative estimate of drug-likeness (QED) is 0.571. The van der Waals surface area contributed by atoms with Gasteiger partial charge in [0.25, 0.3) is 0 Å². The van der Waals surface area contributed by atoms with E-state index in [1.165, 1.54) is 5.56 Å². The summed E-state index contributed by atoms with van der Waals surface area (Å²) < 4.78 is 0. The molecule has 15 heavy (non-hydrogen) atoms. The van der Waals surface area contributed by atoms with Crippen molar-refractivity contribution in [2.45, 2.75) is 6.92 Å². The highest BCUT2D eigenvalue weighted by Gasteiger charge is 2.12. The number of hydrogen-bond acceptors (Lipinski definition) is 2. The molecule has 2 aromatic rings. The Kier molecular flexibility index (Phi) is 1.68. The van der Waals surface area contributed by atoms with E-state index in [0.717, 1.165) is 22.7 Å². The lowest BCUT2D eigenvalue weighted by Crippen LogP contribution is -2.05. The van der Waals surface area contributed by atoms with E-state index in [2.05, 4.69) is 47.9 Å². The third-order valence-corrected chi connectivity index (χ3v) is 2.64. The first-order chi connectivity index (χ1) is 7.33. The van der Waals surface area contributed by atoms with E-state index in [-0.39, 0.29) is 0 Å². The number of nitrogens with one attached hydrogen (secondary N) is 2. The van der Waals surface area contributed by atoms with Crippen LogP contribution in [0.5, 0.6) is 0 Å². The van der Waals surface area contributed by atoms with E-state index < -0.39 is 0 Å².